The zero-order chi connectivity index (χ0) is 14.8. The van der Waals surface area contributed by atoms with E-state index >= 15 is 0 Å². The highest BCUT2D eigenvalue weighted by atomic mass is 16.2. The molecule has 106 valence electrons. The van der Waals surface area contributed by atoms with Crippen LogP contribution < -0.4 is 0 Å². The van der Waals surface area contributed by atoms with E-state index in [9.17, 15) is 9.59 Å². The Bertz CT molecular complexity index is 403. The van der Waals surface area contributed by atoms with E-state index in [1.165, 1.54) is 0 Å². The Morgan fingerprint density at radius 3 is 2.32 bits per heavy atom. The van der Waals surface area contributed by atoms with Gasteiger partial charge >= 0.3 is 0 Å². The van der Waals surface area contributed by atoms with Crippen molar-refractivity contribution in [2.24, 2.45) is 5.92 Å². The number of ketones is 1. The van der Waals surface area contributed by atoms with Gasteiger partial charge in [0.15, 0.2) is 11.3 Å². The highest BCUT2D eigenvalue weighted by Crippen LogP contribution is 2.35. The summed E-state index contributed by atoms with van der Waals surface area (Å²) in [6.45, 7) is 11.8. The third-order valence-electron chi connectivity index (χ3n) is 3.89. The van der Waals surface area contributed by atoms with Gasteiger partial charge in [-0.15, -0.1) is 13.2 Å². The summed E-state index contributed by atoms with van der Waals surface area (Å²) in [7, 11) is 3.50. The summed E-state index contributed by atoms with van der Waals surface area (Å²) in [6, 6.07) is -0.361. The first kappa shape index (κ1) is 15.6. The van der Waals surface area contributed by atoms with Crippen LogP contribution in [0.4, 0.5) is 0 Å². The summed E-state index contributed by atoms with van der Waals surface area (Å²) in [5.74, 6) is -0.0648. The van der Waals surface area contributed by atoms with Crippen molar-refractivity contribution in [3.05, 3.63) is 25.3 Å². The molecule has 0 unspecified atom stereocenters. The maximum absolute atomic E-state index is 12.8. The maximum atomic E-state index is 12.8. The molecule has 1 saturated heterocycles. The normalized spacial score (nSPS) is 27.5. The lowest BCUT2D eigenvalue weighted by Crippen LogP contribution is -2.56. The predicted molar refractivity (Wildman–Crippen MR) is 76.8 cm³/mol. The molecule has 0 N–H and O–H groups in total. The molecule has 1 aliphatic rings. The highest BCUT2D eigenvalue weighted by Gasteiger charge is 2.59. The number of hydrogen-bond donors (Lipinski definition) is 0. The second-order valence-corrected chi connectivity index (χ2v) is 5.49. The van der Waals surface area contributed by atoms with Gasteiger partial charge in [0, 0.05) is 13.6 Å². The van der Waals surface area contributed by atoms with Crippen molar-refractivity contribution < 1.29 is 9.59 Å². The average Bonchev–Trinajstić information content (AvgIpc) is 2.52. The van der Waals surface area contributed by atoms with Crippen molar-refractivity contribution in [1.82, 2.24) is 9.80 Å². The van der Waals surface area contributed by atoms with E-state index in [0.717, 1.165) is 0 Å². The van der Waals surface area contributed by atoms with Gasteiger partial charge in [0.05, 0.1) is 6.04 Å². The molecule has 2 atom stereocenters. The fourth-order valence-corrected chi connectivity index (χ4v) is 2.95. The summed E-state index contributed by atoms with van der Waals surface area (Å²) in [5, 5.41) is 0. The van der Waals surface area contributed by atoms with Gasteiger partial charge in [0.25, 0.3) is 5.91 Å². The topological polar surface area (TPSA) is 40.6 Å². The average molecular weight is 264 g/mol. The van der Waals surface area contributed by atoms with Crippen molar-refractivity contribution in [3.63, 3.8) is 0 Å². The van der Waals surface area contributed by atoms with Crippen LogP contribution in [-0.2, 0) is 9.59 Å². The zero-order valence-corrected chi connectivity index (χ0v) is 12.3. The highest BCUT2D eigenvalue weighted by molar-refractivity contribution is 6.18. The first-order valence-electron chi connectivity index (χ1n) is 6.59. The van der Waals surface area contributed by atoms with Crippen molar-refractivity contribution in [2.75, 3.05) is 20.6 Å². The number of hydrogen-bond acceptors (Lipinski definition) is 3. The standard InChI is InChI=1S/C15H24N2O2/c1-7-9-15(16(5)10-8-2)13(18)12(11(3)4)17(6)14(15)19/h7-8,11-12H,1-2,9-10H2,3-6H3/t12-,15+/m1/s1. The second kappa shape index (κ2) is 5.70. The van der Waals surface area contributed by atoms with E-state index in [2.05, 4.69) is 13.2 Å². The van der Waals surface area contributed by atoms with Gasteiger partial charge in [-0.05, 0) is 19.4 Å². The van der Waals surface area contributed by atoms with Crippen LogP contribution in [0.2, 0.25) is 0 Å². The molecule has 0 aromatic carbocycles. The molecule has 0 aromatic heterocycles. The quantitative estimate of drug-likeness (QED) is 0.539. The summed E-state index contributed by atoms with van der Waals surface area (Å²) in [6.07, 6.45) is 3.68. The van der Waals surface area contributed by atoms with Crippen LogP contribution >= 0.6 is 0 Å². The van der Waals surface area contributed by atoms with E-state index in [0.29, 0.717) is 13.0 Å². The number of Topliss-reactive ketones (excluding diaryl/α,β-unsaturated/α-hetero) is 1. The minimum atomic E-state index is -1.11. The molecule has 0 saturated carbocycles. The molecule has 0 aliphatic carbocycles. The fraction of sp³-hybridized carbons (Fsp3) is 0.600. The molecule has 0 radical (unpaired) electrons. The Kier molecular flexibility index (Phi) is 4.69. The number of carbonyl (C=O) groups excluding carboxylic acids is 2. The van der Waals surface area contributed by atoms with Gasteiger partial charge in [-0.3, -0.25) is 14.5 Å². The Labute approximate surface area is 115 Å². The smallest absolute Gasteiger partial charge is 0.251 e. The van der Waals surface area contributed by atoms with Crippen LogP contribution in [0.15, 0.2) is 25.3 Å². The summed E-state index contributed by atoms with van der Waals surface area (Å²) >= 11 is 0. The Hall–Kier alpha value is -1.42. The van der Waals surface area contributed by atoms with Gasteiger partial charge in [-0.25, -0.2) is 0 Å². The lowest BCUT2D eigenvalue weighted by Gasteiger charge is -2.33. The molecular formula is C15H24N2O2. The molecule has 1 heterocycles. The van der Waals surface area contributed by atoms with Crippen LogP contribution in [0.5, 0.6) is 0 Å². The first-order chi connectivity index (χ1) is 8.84. The van der Waals surface area contributed by atoms with Crippen molar-refractivity contribution in [1.29, 1.82) is 0 Å². The molecule has 1 amide bonds. The largest absolute Gasteiger partial charge is 0.333 e. The SMILES string of the molecule is C=CCN(C)[C@@]1(CC=C)C(=O)[C@@H](C(C)C)N(C)C1=O. The van der Waals surface area contributed by atoms with Crippen LogP contribution in [0, 0.1) is 5.92 Å². The van der Waals surface area contributed by atoms with Gasteiger partial charge in [-0.2, -0.15) is 0 Å². The number of carbonyl (C=O) groups is 2. The van der Waals surface area contributed by atoms with Crippen LogP contribution in [0.3, 0.4) is 0 Å². The van der Waals surface area contributed by atoms with Crippen LogP contribution in [0.25, 0.3) is 0 Å². The molecule has 0 spiro atoms. The zero-order valence-electron chi connectivity index (χ0n) is 12.3. The van der Waals surface area contributed by atoms with E-state index in [1.54, 1.807) is 36.0 Å². The number of nitrogens with zero attached hydrogens (tertiary/aromatic N) is 2. The predicted octanol–water partition coefficient (Wildman–Crippen LogP) is 1.48. The van der Waals surface area contributed by atoms with E-state index in [1.807, 2.05) is 13.8 Å². The summed E-state index contributed by atoms with van der Waals surface area (Å²) in [4.78, 5) is 28.8. The number of amides is 1. The van der Waals surface area contributed by atoms with Crippen molar-refractivity contribution in [3.8, 4) is 0 Å². The third-order valence-corrected chi connectivity index (χ3v) is 3.89. The molecule has 1 aliphatic heterocycles. The van der Waals surface area contributed by atoms with Crippen LogP contribution in [-0.4, -0.2) is 53.7 Å². The van der Waals surface area contributed by atoms with E-state index in [-0.39, 0.29) is 23.7 Å². The Morgan fingerprint density at radius 1 is 1.37 bits per heavy atom. The van der Waals surface area contributed by atoms with Gasteiger partial charge < -0.3 is 4.90 Å². The molecule has 1 fully saturated rings. The molecule has 4 heteroatoms. The summed E-state index contributed by atoms with van der Waals surface area (Å²) in [5.41, 5.74) is -1.11. The lowest BCUT2D eigenvalue weighted by atomic mass is 9.85. The van der Waals surface area contributed by atoms with Crippen LogP contribution in [0.1, 0.15) is 20.3 Å². The lowest BCUT2D eigenvalue weighted by molar-refractivity contribution is -0.140. The molecule has 4 nitrogen and oxygen atoms in total. The number of likely N-dealkylation sites (tertiary alicyclic amines) is 1. The number of likely N-dealkylation sites (N-methyl/N-ethyl adjacent to an activating group) is 2. The Morgan fingerprint density at radius 2 is 1.95 bits per heavy atom. The van der Waals surface area contributed by atoms with E-state index < -0.39 is 5.54 Å². The minimum absolute atomic E-state index is 0.0285. The molecular weight excluding hydrogens is 240 g/mol. The van der Waals surface area contributed by atoms with Gasteiger partial charge in [-0.1, -0.05) is 26.0 Å². The fourth-order valence-electron chi connectivity index (χ4n) is 2.95. The van der Waals surface area contributed by atoms with Gasteiger partial charge in [0.2, 0.25) is 0 Å². The maximum Gasteiger partial charge on any atom is 0.251 e. The van der Waals surface area contributed by atoms with Crippen molar-refractivity contribution in [2.45, 2.75) is 31.8 Å². The van der Waals surface area contributed by atoms with Crippen molar-refractivity contribution >= 4 is 11.7 Å². The number of rotatable bonds is 6. The monoisotopic (exact) mass is 264 g/mol. The second-order valence-electron chi connectivity index (χ2n) is 5.49. The Balaban J connectivity index is 3.30. The van der Waals surface area contributed by atoms with E-state index in [4.69, 9.17) is 0 Å². The van der Waals surface area contributed by atoms with Gasteiger partial charge in [0.1, 0.15) is 0 Å². The molecule has 0 aromatic rings. The summed E-state index contributed by atoms with van der Waals surface area (Å²) < 4.78 is 0. The first-order valence-corrected chi connectivity index (χ1v) is 6.59. The molecule has 0 bridgehead atoms. The third kappa shape index (κ3) is 2.25. The molecule has 19 heavy (non-hydrogen) atoms. The molecule has 1 rings (SSSR count). The minimum Gasteiger partial charge on any atom is -0.333 e.